The third-order valence-corrected chi connectivity index (χ3v) is 4.67. The van der Waals surface area contributed by atoms with E-state index in [9.17, 15) is 14.4 Å². The second-order valence-electron chi connectivity index (χ2n) is 5.30. The fraction of sp³-hybridized carbons (Fsp3) is 0.357. The van der Waals surface area contributed by atoms with Crippen LogP contribution in [0.25, 0.3) is 0 Å². The quantitative estimate of drug-likeness (QED) is 0.623. The average Bonchev–Trinajstić information content (AvgIpc) is 2.69. The summed E-state index contributed by atoms with van der Waals surface area (Å²) in [4.78, 5) is 37.0. The van der Waals surface area contributed by atoms with Crippen molar-refractivity contribution in [2.45, 2.75) is 25.8 Å². The first-order valence-corrected chi connectivity index (χ1v) is 7.90. The average molecular weight is 379 g/mol. The highest BCUT2D eigenvalue weighted by molar-refractivity contribution is 6.44. The van der Waals surface area contributed by atoms with Gasteiger partial charge >= 0.3 is 6.03 Å². The van der Waals surface area contributed by atoms with E-state index in [-0.39, 0.29) is 20.8 Å². The molecule has 23 heavy (non-hydrogen) atoms. The van der Waals surface area contributed by atoms with E-state index in [1.807, 2.05) is 0 Å². The van der Waals surface area contributed by atoms with Crippen molar-refractivity contribution in [1.29, 1.82) is 0 Å². The lowest BCUT2D eigenvalue weighted by atomic mass is 9.99. The van der Waals surface area contributed by atoms with E-state index < -0.39 is 29.9 Å². The molecule has 1 fully saturated rings. The lowest BCUT2D eigenvalue weighted by molar-refractivity contribution is -0.133. The van der Waals surface area contributed by atoms with Crippen LogP contribution in [0.3, 0.4) is 0 Å². The molecule has 0 bridgehead atoms. The van der Waals surface area contributed by atoms with Crippen LogP contribution < -0.4 is 10.6 Å². The van der Waals surface area contributed by atoms with Gasteiger partial charge in [-0.05, 0) is 25.5 Å². The molecule has 0 aromatic heterocycles. The van der Waals surface area contributed by atoms with Gasteiger partial charge in [-0.2, -0.15) is 0 Å². The van der Waals surface area contributed by atoms with Crippen LogP contribution in [-0.2, 0) is 9.59 Å². The first kappa shape index (κ1) is 17.8. The number of hydrogen-bond donors (Lipinski definition) is 2. The van der Waals surface area contributed by atoms with Crippen LogP contribution >= 0.6 is 34.8 Å². The van der Waals surface area contributed by atoms with E-state index in [1.165, 1.54) is 12.1 Å². The minimum Gasteiger partial charge on any atom is -0.323 e. The maximum absolute atomic E-state index is 12.2. The van der Waals surface area contributed by atoms with Crippen molar-refractivity contribution < 1.29 is 14.4 Å². The van der Waals surface area contributed by atoms with E-state index in [1.54, 1.807) is 13.8 Å². The molecule has 1 aliphatic rings. The lowest BCUT2D eigenvalue weighted by Gasteiger charge is -2.19. The summed E-state index contributed by atoms with van der Waals surface area (Å²) < 4.78 is 0. The molecule has 1 aromatic rings. The van der Waals surface area contributed by atoms with E-state index >= 15 is 0 Å². The van der Waals surface area contributed by atoms with Crippen LogP contribution in [0.15, 0.2) is 12.1 Å². The normalized spacial score (nSPS) is 20.7. The monoisotopic (exact) mass is 377 g/mol. The van der Waals surface area contributed by atoms with Gasteiger partial charge in [-0.15, -0.1) is 0 Å². The highest BCUT2D eigenvalue weighted by atomic mass is 35.5. The zero-order valence-electron chi connectivity index (χ0n) is 12.4. The summed E-state index contributed by atoms with van der Waals surface area (Å²) in [5.41, 5.74) is -0.741. The summed E-state index contributed by atoms with van der Waals surface area (Å²) in [6.45, 7) is 2.97. The van der Waals surface area contributed by atoms with Crippen LogP contribution in [0, 0.1) is 0 Å². The van der Waals surface area contributed by atoms with E-state index in [4.69, 9.17) is 34.8 Å². The number of carbonyl (C=O) groups excluding carboxylic acids is 3. The van der Waals surface area contributed by atoms with Crippen molar-refractivity contribution in [3.05, 3.63) is 27.2 Å². The first-order valence-electron chi connectivity index (χ1n) is 6.76. The topological polar surface area (TPSA) is 78.5 Å². The Labute approximate surface area is 148 Å². The Morgan fingerprint density at radius 2 is 1.83 bits per heavy atom. The molecule has 0 aliphatic carbocycles. The molecule has 1 atom stereocenters. The second kappa shape index (κ2) is 6.55. The zero-order valence-corrected chi connectivity index (χ0v) is 14.6. The summed E-state index contributed by atoms with van der Waals surface area (Å²) >= 11 is 17.7. The zero-order chi connectivity index (χ0) is 17.4. The number of carbonyl (C=O) groups is 3. The van der Waals surface area contributed by atoms with Gasteiger partial charge in [-0.3, -0.25) is 14.5 Å². The minimum atomic E-state index is -0.988. The van der Waals surface area contributed by atoms with Crippen molar-refractivity contribution in [3.8, 4) is 0 Å². The molecular weight excluding hydrogens is 365 g/mol. The highest BCUT2D eigenvalue weighted by Crippen LogP contribution is 2.32. The minimum absolute atomic E-state index is 0.198. The van der Waals surface area contributed by atoms with Crippen LogP contribution in [0.1, 0.15) is 20.3 Å². The fourth-order valence-corrected chi connectivity index (χ4v) is 2.68. The third-order valence-electron chi connectivity index (χ3n) is 3.64. The molecule has 9 heteroatoms. The van der Waals surface area contributed by atoms with E-state index in [0.717, 1.165) is 4.90 Å². The van der Waals surface area contributed by atoms with Gasteiger partial charge in [0.15, 0.2) is 0 Å². The standard InChI is InChI=1S/C14H14Cl3N3O3/c1-3-14(2)12(22)20(13(23)19-14)6-11(21)18-10-5-8(16)7(15)4-9(10)17/h4-5H,3,6H2,1-2H3,(H,18,21)(H,19,23)/t14-/m0/s1. The Morgan fingerprint density at radius 1 is 1.22 bits per heavy atom. The van der Waals surface area contributed by atoms with Crippen molar-refractivity contribution >= 4 is 58.3 Å². The number of benzene rings is 1. The molecule has 0 unspecified atom stereocenters. The van der Waals surface area contributed by atoms with Crippen LogP contribution in [0.5, 0.6) is 0 Å². The Bertz CT molecular complexity index is 695. The van der Waals surface area contributed by atoms with Crippen LogP contribution in [0.2, 0.25) is 15.1 Å². The molecule has 1 saturated heterocycles. The van der Waals surface area contributed by atoms with Crippen molar-refractivity contribution in [3.63, 3.8) is 0 Å². The van der Waals surface area contributed by atoms with Gasteiger partial charge in [0.1, 0.15) is 12.1 Å². The Kier molecular flexibility index (Phi) is 5.08. The van der Waals surface area contributed by atoms with Gasteiger partial charge in [0.05, 0.1) is 20.8 Å². The highest BCUT2D eigenvalue weighted by Gasteiger charge is 2.46. The number of imide groups is 1. The van der Waals surface area contributed by atoms with Gasteiger partial charge in [0, 0.05) is 0 Å². The number of rotatable bonds is 4. The molecular formula is C14H14Cl3N3O3. The van der Waals surface area contributed by atoms with Gasteiger partial charge in [0.25, 0.3) is 5.91 Å². The van der Waals surface area contributed by atoms with Crippen molar-refractivity contribution in [2.75, 3.05) is 11.9 Å². The predicted molar refractivity (Wildman–Crippen MR) is 89.0 cm³/mol. The molecule has 124 valence electrons. The van der Waals surface area contributed by atoms with Crippen molar-refractivity contribution in [1.82, 2.24) is 10.2 Å². The lowest BCUT2D eigenvalue weighted by Crippen LogP contribution is -2.44. The number of anilines is 1. The van der Waals surface area contributed by atoms with E-state index in [0.29, 0.717) is 6.42 Å². The molecule has 4 amide bonds. The van der Waals surface area contributed by atoms with Gasteiger partial charge in [0.2, 0.25) is 5.91 Å². The SMILES string of the molecule is CC[C@]1(C)NC(=O)N(CC(=O)Nc2cc(Cl)c(Cl)cc2Cl)C1=O. The second-order valence-corrected chi connectivity index (χ2v) is 6.52. The summed E-state index contributed by atoms with van der Waals surface area (Å²) in [7, 11) is 0. The summed E-state index contributed by atoms with van der Waals surface area (Å²) in [5, 5.41) is 5.75. The maximum atomic E-state index is 12.2. The number of amides is 4. The molecule has 6 nitrogen and oxygen atoms in total. The Balaban J connectivity index is 2.10. The van der Waals surface area contributed by atoms with Crippen molar-refractivity contribution in [2.24, 2.45) is 0 Å². The maximum Gasteiger partial charge on any atom is 0.325 e. The smallest absolute Gasteiger partial charge is 0.323 e. The summed E-state index contributed by atoms with van der Waals surface area (Å²) in [5.74, 6) is -1.02. The van der Waals surface area contributed by atoms with Gasteiger partial charge in [-0.25, -0.2) is 4.79 Å². The molecule has 0 radical (unpaired) electrons. The van der Waals surface area contributed by atoms with Gasteiger partial charge < -0.3 is 10.6 Å². The number of urea groups is 1. The number of hydrogen-bond acceptors (Lipinski definition) is 3. The predicted octanol–water partition coefficient (Wildman–Crippen LogP) is 3.31. The molecule has 1 aromatic carbocycles. The Hall–Kier alpha value is -1.50. The number of nitrogens with one attached hydrogen (secondary N) is 2. The molecule has 1 heterocycles. The summed E-state index contributed by atoms with van der Waals surface area (Å²) in [6.07, 6.45) is 0.425. The Morgan fingerprint density at radius 3 is 2.39 bits per heavy atom. The molecule has 0 spiro atoms. The van der Waals surface area contributed by atoms with E-state index in [2.05, 4.69) is 10.6 Å². The summed E-state index contributed by atoms with van der Waals surface area (Å²) in [6, 6.07) is 2.18. The number of halogens is 3. The molecule has 2 rings (SSSR count). The molecule has 2 N–H and O–H groups in total. The third kappa shape index (κ3) is 3.54. The molecule has 1 aliphatic heterocycles. The van der Waals surface area contributed by atoms with Crippen LogP contribution in [-0.4, -0.2) is 34.8 Å². The van der Waals surface area contributed by atoms with Gasteiger partial charge in [-0.1, -0.05) is 41.7 Å². The first-order chi connectivity index (χ1) is 10.7. The molecule has 0 saturated carbocycles. The fourth-order valence-electron chi connectivity index (χ4n) is 2.08. The van der Waals surface area contributed by atoms with Crippen LogP contribution in [0.4, 0.5) is 10.5 Å². The largest absolute Gasteiger partial charge is 0.325 e. The number of nitrogens with zero attached hydrogens (tertiary/aromatic N) is 1.